The highest BCUT2D eigenvalue weighted by Crippen LogP contribution is 2.39. The van der Waals surface area contributed by atoms with Gasteiger partial charge >= 0.3 is 6.03 Å². The zero-order valence-electron chi connectivity index (χ0n) is 28.2. The lowest BCUT2D eigenvalue weighted by atomic mass is 9.98. The normalized spacial score (nSPS) is 17.2. The summed E-state index contributed by atoms with van der Waals surface area (Å²) in [6, 6.07) is 40.8. The molecule has 6 rings (SSSR count). The Hall–Kier alpha value is -5.25. The Bertz CT molecular complexity index is 1850. The summed E-state index contributed by atoms with van der Waals surface area (Å²) < 4.78 is 19.0. The van der Waals surface area contributed by atoms with Crippen molar-refractivity contribution in [3.05, 3.63) is 162 Å². The fourth-order valence-electron chi connectivity index (χ4n) is 5.99. The molecule has 0 unspecified atom stereocenters. The van der Waals surface area contributed by atoms with Gasteiger partial charge in [0.25, 0.3) is 0 Å². The molecule has 50 heavy (non-hydrogen) atoms. The number of hydrogen-bond donors (Lipinski definition) is 3. The predicted octanol–water partition coefficient (Wildman–Crippen LogP) is 8.62. The highest BCUT2D eigenvalue weighted by atomic mass is 16.7. The van der Waals surface area contributed by atoms with Crippen molar-refractivity contribution in [3.8, 4) is 22.6 Å². The highest BCUT2D eigenvalue weighted by Gasteiger charge is 2.32. The van der Waals surface area contributed by atoms with Gasteiger partial charge in [-0.25, -0.2) is 4.79 Å². The third-order valence-electron chi connectivity index (χ3n) is 8.53. The molecule has 1 aliphatic heterocycles. The van der Waals surface area contributed by atoms with Crippen molar-refractivity contribution in [2.75, 3.05) is 25.5 Å². The number of amides is 2. The van der Waals surface area contributed by atoms with Gasteiger partial charge < -0.3 is 34.9 Å². The van der Waals surface area contributed by atoms with Crippen LogP contribution in [0.4, 0.5) is 10.5 Å². The van der Waals surface area contributed by atoms with Crippen LogP contribution >= 0.6 is 0 Å². The summed E-state index contributed by atoms with van der Waals surface area (Å²) >= 11 is 0. The van der Waals surface area contributed by atoms with E-state index in [1.165, 1.54) is 0 Å². The molecular formula is C42H43N3O5. The average Bonchev–Trinajstić information content (AvgIpc) is 3.15. The van der Waals surface area contributed by atoms with Gasteiger partial charge in [0.1, 0.15) is 11.5 Å². The summed E-state index contributed by atoms with van der Waals surface area (Å²) in [5.74, 6) is 1.44. The molecule has 8 nitrogen and oxygen atoms in total. The van der Waals surface area contributed by atoms with Gasteiger partial charge in [-0.1, -0.05) is 84.9 Å². The van der Waals surface area contributed by atoms with E-state index in [-0.39, 0.29) is 24.8 Å². The maximum Gasteiger partial charge on any atom is 0.319 e. The molecule has 3 atom stereocenters. The fraction of sp³-hybridized carbons (Fsp3) is 0.214. The standard InChI is InChI=1S/C42H43N3O5/c1-3-23-45(2)28-39-26-40(32-17-15-30(29-46)16-18-32)50-41(49-39)35-12-8-11-34(25-35)33-10-7-9-31(24-33)27-43-42(47)44-36-19-21-38(22-20-36)48-37-13-5-4-6-14-37/h3-22,24-25,39-41,46H,1,23,26-29H2,2H3,(H2,43,44,47)/t39-,40+,41+/m0/s1. The predicted molar refractivity (Wildman–Crippen MR) is 197 cm³/mol. The van der Waals surface area contributed by atoms with Crippen LogP contribution in [0.5, 0.6) is 11.5 Å². The number of aliphatic hydroxyl groups is 1. The van der Waals surface area contributed by atoms with E-state index >= 15 is 0 Å². The first-order valence-electron chi connectivity index (χ1n) is 16.8. The van der Waals surface area contributed by atoms with Crippen molar-refractivity contribution in [1.29, 1.82) is 0 Å². The third kappa shape index (κ3) is 9.46. The second-order valence-electron chi connectivity index (χ2n) is 12.4. The van der Waals surface area contributed by atoms with E-state index < -0.39 is 6.29 Å². The molecule has 2 amide bonds. The Balaban J connectivity index is 1.10. The minimum Gasteiger partial charge on any atom is -0.457 e. The lowest BCUT2D eigenvalue weighted by molar-refractivity contribution is -0.252. The van der Waals surface area contributed by atoms with Crippen LogP contribution in [0, 0.1) is 0 Å². The fourth-order valence-corrected chi connectivity index (χ4v) is 5.99. The van der Waals surface area contributed by atoms with Gasteiger partial charge in [-0.05, 0) is 83.4 Å². The topological polar surface area (TPSA) is 92.3 Å². The minimum absolute atomic E-state index is 0.00421. The minimum atomic E-state index is -0.555. The number of benzene rings is 5. The van der Waals surface area contributed by atoms with Crippen molar-refractivity contribution in [2.24, 2.45) is 0 Å². The second kappa shape index (κ2) is 16.9. The molecule has 0 aliphatic carbocycles. The molecule has 0 aromatic heterocycles. The van der Waals surface area contributed by atoms with Crippen LogP contribution in [0.15, 0.2) is 140 Å². The van der Waals surface area contributed by atoms with Crippen LogP contribution in [0.3, 0.4) is 0 Å². The van der Waals surface area contributed by atoms with E-state index in [0.29, 0.717) is 24.4 Å². The number of likely N-dealkylation sites (N-methyl/N-ethyl adjacent to an activating group) is 1. The first-order valence-corrected chi connectivity index (χ1v) is 16.8. The Morgan fingerprint density at radius 1 is 0.840 bits per heavy atom. The summed E-state index contributed by atoms with van der Waals surface area (Å²) in [6.45, 7) is 5.75. The van der Waals surface area contributed by atoms with E-state index in [9.17, 15) is 9.90 Å². The van der Waals surface area contributed by atoms with E-state index in [1.54, 1.807) is 0 Å². The summed E-state index contributed by atoms with van der Waals surface area (Å²) in [5, 5.41) is 15.4. The molecule has 5 aromatic rings. The maximum atomic E-state index is 12.7. The van der Waals surface area contributed by atoms with Gasteiger partial charge in [-0.2, -0.15) is 0 Å². The number of aliphatic hydroxyl groups excluding tert-OH is 1. The van der Waals surface area contributed by atoms with Gasteiger partial charge in [0, 0.05) is 37.3 Å². The zero-order valence-corrected chi connectivity index (χ0v) is 28.2. The number of urea groups is 1. The van der Waals surface area contributed by atoms with Crippen LogP contribution in [-0.4, -0.2) is 42.3 Å². The van der Waals surface area contributed by atoms with Crippen molar-refractivity contribution in [2.45, 2.75) is 38.1 Å². The molecule has 256 valence electrons. The Kier molecular flexibility index (Phi) is 11.7. The van der Waals surface area contributed by atoms with E-state index in [2.05, 4.69) is 53.4 Å². The summed E-state index contributed by atoms with van der Waals surface area (Å²) in [5.41, 5.74) is 6.53. The van der Waals surface area contributed by atoms with Crippen LogP contribution < -0.4 is 15.4 Å². The molecule has 0 spiro atoms. The molecule has 1 aliphatic rings. The first-order chi connectivity index (χ1) is 24.4. The van der Waals surface area contributed by atoms with Gasteiger partial charge in [0.15, 0.2) is 6.29 Å². The molecule has 0 bridgehead atoms. The van der Waals surface area contributed by atoms with Crippen molar-refractivity contribution in [3.63, 3.8) is 0 Å². The summed E-state index contributed by atoms with van der Waals surface area (Å²) in [7, 11) is 2.06. The van der Waals surface area contributed by atoms with Gasteiger partial charge in [-0.15, -0.1) is 6.58 Å². The number of carbonyl (C=O) groups is 1. The lowest BCUT2D eigenvalue weighted by Crippen LogP contribution is -2.37. The molecule has 1 saturated heterocycles. The largest absolute Gasteiger partial charge is 0.457 e. The monoisotopic (exact) mass is 669 g/mol. The zero-order chi connectivity index (χ0) is 34.7. The number of anilines is 1. The van der Waals surface area contributed by atoms with E-state index in [4.69, 9.17) is 14.2 Å². The molecule has 1 heterocycles. The average molecular weight is 670 g/mol. The van der Waals surface area contributed by atoms with Crippen molar-refractivity contribution >= 4 is 11.7 Å². The summed E-state index contributed by atoms with van der Waals surface area (Å²) in [4.78, 5) is 14.9. The Labute approximate surface area is 293 Å². The van der Waals surface area contributed by atoms with Crippen LogP contribution in [0.25, 0.3) is 11.1 Å². The molecule has 0 saturated carbocycles. The Morgan fingerprint density at radius 3 is 2.30 bits per heavy atom. The first kappa shape index (κ1) is 34.6. The molecular weight excluding hydrogens is 626 g/mol. The van der Waals surface area contributed by atoms with E-state index in [0.717, 1.165) is 52.2 Å². The van der Waals surface area contributed by atoms with Gasteiger partial charge in [0.2, 0.25) is 0 Å². The SMILES string of the molecule is C=CCN(C)C[C@@H]1C[C@H](c2ccc(CO)cc2)O[C@H](c2cccc(-c3cccc(CNC(=O)Nc4ccc(Oc5ccccc5)cc4)c3)c2)O1. The highest BCUT2D eigenvalue weighted by molar-refractivity contribution is 5.89. The number of nitrogens with one attached hydrogen (secondary N) is 2. The number of hydrogen-bond acceptors (Lipinski definition) is 6. The number of carbonyl (C=O) groups excluding carboxylic acids is 1. The molecule has 5 aromatic carbocycles. The molecule has 8 heteroatoms. The van der Waals surface area contributed by atoms with Gasteiger partial charge in [-0.3, -0.25) is 0 Å². The number of nitrogens with zero attached hydrogens (tertiary/aromatic N) is 1. The maximum absolute atomic E-state index is 12.7. The molecule has 3 N–H and O–H groups in total. The number of rotatable bonds is 13. The van der Waals surface area contributed by atoms with Crippen LogP contribution in [0.1, 0.15) is 41.1 Å². The summed E-state index contributed by atoms with van der Waals surface area (Å²) in [6.07, 6.45) is 1.84. The quantitative estimate of drug-likeness (QED) is 0.109. The third-order valence-corrected chi connectivity index (χ3v) is 8.53. The lowest BCUT2D eigenvalue weighted by Gasteiger charge is -2.37. The second-order valence-corrected chi connectivity index (χ2v) is 12.4. The van der Waals surface area contributed by atoms with E-state index in [1.807, 2.05) is 109 Å². The van der Waals surface area contributed by atoms with Crippen molar-refractivity contribution < 1.29 is 24.1 Å². The van der Waals surface area contributed by atoms with Crippen LogP contribution in [0.2, 0.25) is 0 Å². The van der Waals surface area contributed by atoms with Crippen LogP contribution in [-0.2, 0) is 22.6 Å². The number of para-hydroxylation sites is 1. The van der Waals surface area contributed by atoms with Gasteiger partial charge in [0.05, 0.1) is 18.8 Å². The smallest absolute Gasteiger partial charge is 0.319 e. The Morgan fingerprint density at radius 2 is 1.56 bits per heavy atom. The number of ether oxygens (including phenoxy) is 3. The molecule has 1 fully saturated rings. The molecule has 0 radical (unpaired) electrons. The van der Waals surface area contributed by atoms with Crippen molar-refractivity contribution in [1.82, 2.24) is 10.2 Å².